The highest BCUT2D eigenvalue weighted by Gasteiger charge is 2.17. The van der Waals surface area contributed by atoms with Crippen molar-refractivity contribution in [1.29, 1.82) is 5.26 Å². The molecule has 5 heteroatoms. The summed E-state index contributed by atoms with van der Waals surface area (Å²) in [5, 5.41) is 26.6. The van der Waals surface area contributed by atoms with E-state index in [0.717, 1.165) is 11.1 Å². The zero-order chi connectivity index (χ0) is 14.8. The summed E-state index contributed by atoms with van der Waals surface area (Å²) in [5.74, 6) is 0.0924. The molecule has 3 rings (SSSR count). The first-order valence-electron chi connectivity index (χ1n) is 6.57. The molecule has 0 saturated carbocycles. The maximum absolute atomic E-state index is 10.4. The van der Waals surface area contributed by atoms with Crippen molar-refractivity contribution in [2.45, 2.75) is 13.1 Å². The van der Waals surface area contributed by atoms with Gasteiger partial charge in [0.25, 0.3) is 0 Å². The van der Waals surface area contributed by atoms with Crippen LogP contribution in [0.25, 0.3) is 11.1 Å². The van der Waals surface area contributed by atoms with Crippen LogP contribution >= 0.6 is 0 Å². The Labute approximate surface area is 122 Å². The van der Waals surface area contributed by atoms with Gasteiger partial charge in [0, 0.05) is 6.20 Å². The van der Waals surface area contributed by atoms with Crippen molar-refractivity contribution in [2.24, 2.45) is 0 Å². The van der Waals surface area contributed by atoms with Crippen molar-refractivity contribution in [3.63, 3.8) is 0 Å². The first kappa shape index (κ1) is 13.0. The minimum atomic E-state index is -0.208. The molecule has 1 atom stereocenters. The minimum absolute atomic E-state index is 0.0924. The van der Waals surface area contributed by atoms with Gasteiger partial charge in [0.15, 0.2) is 0 Å². The third-order valence-electron chi connectivity index (χ3n) is 3.38. The molecule has 0 aliphatic carbocycles. The Hall–Kier alpha value is -3.00. The lowest BCUT2D eigenvalue weighted by atomic mass is 10.1. The summed E-state index contributed by atoms with van der Waals surface area (Å²) < 4.78 is 1.52. The minimum Gasteiger partial charge on any atom is -0.493 e. The van der Waals surface area contributed by atoms with Crippen molar-refractivity contribution in [3.05, 3.63) is 60.0 Å². The highest BCUT2D eigenvalue weighted by molar-refractivity contribution is 5.68. The summed E-state index contributed by atoms with van der Waals surface area (Å²) in [4.78, 5) is 0. The second-order valence-corrected chi connectivity index (χ2v) is 4.87. The van der Waals surface area contributed by atoms with E-state index in [4.69, 9.17) is 5.26 Å². The maximum Gasteiger partial charge on any atom is 0.219 e. The second kappa shape index (κ2) is 5.17. The molecule has 1 aromatic heterocycles. The molecule has 0 fully saturated rings. The predicted molar refractivity (Wildman–Crippen MR) is 79.1 cm³/mol. The van der Waals surface area contributed by atoms with Crippen LogP contribution in [-0.4, -0.2) is 14.9 Å². The van der Waals surface area contributed by atoms with Crippen LogP contribution in [0.1, 0.15) is 18.7 Å². The molecule has 0 saturated heterocycles. The lowest BCUT2D eigenvalue weighted by molar-refractivity contribution is 0.367. The number of nitriles is 1. The highest BCUT2D eigenvalue weighted by Crippen LogP contribution is 2.31. The van der Waals surface area contributed by atoms with E-state index in [0.29, 0.717) is 11.1 Å². The van der Waals surface area contributed by atoms with E-state index >= 15 is 0 Å². The fourth-order valence-electron chi connectivity index (χ4n) is 2.20. The second-order valence-electron chi connectivity index (χ2n) is 4.87. The molecule has 0 bridgehead atoms. The third kappa shape index (κ3) is 2.39. The number of aromatic nitrogens is 2. The van der Waals surface area contributed by atoms with Gasteiger partial charge < -0.3 is 10.4 Å². The van der Waals surface area contributed by atoms with Crippen LogP contribution in [0, 0.1) is 11.3 Å². The highest BCUT2D eigenvalue weighted by atomic mass is 16.3. The van der Waals surface area contributed by atoms with Crippen LogP contribution in [0.2, 0.25) is 0 Å². The topological polar surface area (TPSA) is 73.9 Å². The molecule has 2 N–H and O–H groups in total. The molecule has 1 aliphatic heterocycles. The number of dihydropyridines is 1. The molecule has 1 aliphatic rings. The SMILES string of the molecule is CC1=CNC(n2ncc(-c3ccc(C#N)cc3)c2O)C=C1. The number of allylic oxidation sites excluding steroid dienone is 2. The van der Waals surface area contributed by atoms with E-state index in [9.17, 15) is 5.11 Å². The Morgan fingerprint density at radius 2 is 2.10 bits per heavy atom. The largest absolute Gasteiger partial charge is 0.493 e. The van der Waals surface area contributed by atoms with Crippen LogP contribution in [0.4, 0.5) is 0 Å². The fourth-order valence-corrected chi connectivity index (χ4v) is 2.20. The van der Waals surface area contributed by atoms with Crippen LogP contribution in [0.15, 0.2) is 54.4 Å². The smallest absolute Gasteiger partial charge is 0.219 e. The van der Waals surface area contributed by atoms with Gasteiger partial charge in [-0.05, 0) is 36.3 Å². The molecular weight excluding hydrogens is 264 g/mol. The Bertz CT molecular complexity index is 763. The molecular formula is C16H14N4O. The van der Waals surface area contributed by atoms with Gasteiger partial charge in [0.05, 0.1) is 23.4 Å². The van der Waals surface area contributed by atoms with Gasteiger partial charge >= 0.3 is 0 Å². The molecule has 0 spiro atoms. The summed E-state index contributed by atoms with van der Waals surface area (Å²) in [6.45, 7) is 1.99. The molecule has 2 aromatic rings. The Balaban J connectivity index is 1.92. The third-order valence-corrected chi connectivity index (χ3v) is 3.38. The van der Waals surface area contributed by atoms with E-state index in [1.165, 1.54) is 4.68 Å². The molecule has 1 aromatic carbocycles. The van der Waals surface area contributed by atoms with Gasteiger partial charge in [-0.2, -0.15) is 10.4 Å². The van der Waals surface area contributed by atoms with Crippen molar-refractivity contribution < 1.29 is 5.11 Å². The van der Waals surface area contributed by atoms with E-state index in [-0.39, 0.29) is 12.0 Å². The zero-order valence-electron chi connectivity index (χ0n) is 11.5. The quantitative estimate of drug-likeness (QED) is 0.885. The summed E-state index contributed by atoms with van der Waals surface area (Å²) in [6, 6.07) is 9.11. The maximum atomic E-state index is 10.4. The summed E-state index contributed by atoms with van der Waals surface area (Å²) in [6.07, 6.45) is 7.21. The zero-order valence-corrected chi connectivity index (χ0v) is 11.5. The summed E-state index contributed by atoms with van der Waals surface area (Å²) in [5.41, 5.74) is 3.17. The number of nitrogens with one attached hydrogen (secondary N) is 1. The summed E-state index contributed by atoms with van der Waals surface area (Å²) in [7, 11) is 0. The Morgan fingerprint density at radius 1 is 1.33 bits per heavy atom. The average Bonchev–Trinajstić information content (AvgIpc) is 2.90. The molecule has 0 amide bonds. The number of rotatable bonds is 2. The van der Waals surface area contributed by atoms with Gasteiger partial charge in [-0.15, -0.1) is 0 Å². The first-order valence-corrected chi connectivity index (χ1v) is 6.57. The average molecular weight is 278 g/mol. The number of hydrogen-bond donors (Lipinski definition) is 2. The molecule has 0 radical (unpaired) electrons. The molecule has 21 heavy (non-hydrogen) atoms. The van der Waals surface area contributed by atoms with Gasteiger partial charge in [-0.1, -0.05) is 18.2 Å². The van der Waals surface area contributed by atoms with Crippen molar-refractivity contribution in [1.82, 2.24) is 15.1 Å². The van der Waals surface area contributed by atoms with Crippen LogP contribution < -0.4 is 5.32 Å². The van der Waals surface area contributed by atoms with Crippen molar-refractivity contribution in [2.75, 3.05) is 0 Å². The van der Waals surface area contributed by atoms with Gasteiger partial charge in [0.1, 0.15) is 6.17 Å². The van der Waals surface area contributed by atoms with E-state index in [1.54, 1.807) is 30.5 Å². The van der Waals surface area contributed by atoms with E-state index in [2.05, 4.69) is 16.5 Å². The van der Waals surface area contributed by atoms with Gasteiger partial charge in [0.2, 0.25) is 5.88 Å². The monoisotopic (exact) mass is 278 g/mol. The Morgan fingerprint density at radius 3 is 2.71 bits per heavy atom. The first-order chi connectivity index (χ1) is 10.2. The van der Waals surface area contributed by atoms with Crippen molar-refractivity contribution in [3.8, 4) is 23.1 Å². The van der Waals surface area contributed by atoms with Gasteiger partial charge in [-0.3, -0.25) is 0 Å². The molecule has 104 valence electrons. The fraction of sp³-hybridized carbons (Fsp3) is 0.125. The normalized spacial score (nSPS) is 17.0. The lowest BCUT2D eigenvalue weighted by Gasteiger charge is -2.18. The van der Waals surface area contributed by atoms with Gasteiger partial charge in [-0.25, -0.2) is 4.68 Å². The van der Waals surface area contributed by atoms with Crippen LogP contribution in [0.5, 0.6) is 5.88 Å². The number of aromatic hydroxyl groups is 1. The van der Waals surface area contributed by atoms with E-state index in [1.807, 2.05) is 25.3 Å². The summed E-state index contributed by atoms with van der Waals surface area (Å²) >= 11 is 0. The van der Waals surface area contributed by atoms with E-state index < -0.39 is 0 Å². The molecule has 1 unspecified atom stereocenters. The molecule has 2 heterocycles. The van der Waals surface area contributed by atoms with Crippen molar-refractivity contribution >= 4 is 0 Å². The van der Waals surface area contributed by atoms with Crippen LogP contribution in [-0.2, 0) is 0 Å². The number of benzene rings is 1. The number of hydrogen-bond acceptors (Lipinski definition) is 4. The number of nitrogens with zero attached hydrogens (tertiary/aromatic N) is 3. The predicted octanol–water partition coefficient (Wildman–Crippen LogP) is 2.69. The lowest BCUT2D eigenvalue weighted by Crippen LogP contribution is -2.23. The Kier molecular flexibility index (Phi) is 3.20. The van der Waals surface area contributed by atoms with Crippen LogP contribution in [0.3, 0.4) is 0 Å². The standard InChI is InChI=1S/C16H14N4O/c1-11-2-7-15(18-9-11)20-16(21)14(10-19-20)13-5-3-12(8-17)4-6-13/h2-7,9-10,15,18,21H,1H3. The molecule has 5 nitrogen and oxygen atoms in total.